The summed E-state index contributed by atoms with van der Waals surface area (Å²) in [6, 6.07) is 0. The molecule has 0 aromatic heterocycles. The van der Waals surface area contributed by atoms with Crippen LogP contribution >= 0.6 is 15.8 Å². The van der Waals surface area contributed by atoms with Crippen LogP contribution in [0.3, 0.4) is 0 Å². The zero-order chi connectivity index (χ0) is 6.97. The lowest BCUT2D eigenvalue weighted by Gasteiger charge is -2.37. The molecule has 0 amide bonds. The van der Waals surface area contributed by atoms with Gasteiger partial charge in [-0.05, 0) is 0 Å². The fourth-order valence-electron chi connectivity index (χ4n) is 2.59. The van der Waals surface area contributed by atoms with Crippen molar-refractivity contribution >= 4 is 21.3 Å². The van der Waals surface area contributed by atoms with Gasteiger partial charge in [0, 0.05) is 0 Å². The van der Waals surface area contributed by atoms with E-state index < -0.39 is 0 Å². The van der Waals surface area contributed by atoms with E-state index >= 15 is 0 Å². The van der Waals surface area contributed by atoms with Crippen LogP contribution < -0.4 is 0 Å². The molecular formula is C8H14BBr. The van der Waals surface area contributed by atoms with Gasteiger partial charge in [0.25, 0.3) is 0 Å². The van der Waals surface area contributed by atoms with Crippen molar-refractivity contribution in [2.24, 2.45) is 0 Å². The first kappa shape index (κ1) is 7.21. The first-order valence-electron chi connectivity index (χ1n) is 4.52. The van der Waals surface area contributed by atoms with Gasteiger partial charge in [-0.25, -0.2) is 0 Å². The summed E-state index contributed by atoms with van der Waals surface area (Å²) in [6.45, 7) is 0. The SMILES string of the molecule is BrB1C2CCCC1CCC2. The zero-order valence-electron chi connectivity index (χ0n) is 6.35. The van der Waals surface area contributed by atoms with Gasteiger partial charge in [0.15, 0.2) is 0 Å². The summed E-state index contributed by atoms with van der Waals surface area (Å²) in [5.41, 5.74) is 0.884. The molecule has 0 nitrogen and oxygen atoms in total. The van der Waals surface area contributed by atoms with Crippen molar-refractivity contribution in [1.29, 1.82) is 0 Å². The van der Waals surface area contributed by atoms with Gasteiger partial charge < -0.3 is 0 Å². The van der Waals surface area contributed by atoms with Crippen LogP contribution in [0.15, 0.2) is 0 Å². The lowest BCUT2D eigenvalue weighted by atomic mass is 9.44. The summed E-state index contributed by atoms with van der Waals surface area (Å²) in [6.07, 6.45) is 8.96. The summed E-state index contributed by atoms with van der Waals surface area (Å²) in [5, 5.41) is 0. The molecule has 2 aliphatic heterocycles. The van der Waals surface area contributed by atoms with Gasteiger partial charge in [0.1, 0.15) is 0 Å². The molecule has 2 heterocycles. The average molecular weight is 201 g/mol. The molecule has 2 saturated heterocycles. The number of rotatable bonds is 0. The van der Waals surface area contributed by atoms with Gasteiger partial charge in [-0.2, -0.15) is 15.8 Å². The third-order valence-corrected chi connectivity index (χ3v) is 4.70. The normalized spacial score (nSPS) is 39.9. The number of hydrogen-bond donors (Lipinski definition) is 0. The lowest BCUT2D eigenvalue weighted by molar-refractivity contribution is 0.452. The molecule has 2 bridgehead atoms. The van der Waals surface area contributed by atoms with Crippen LogP contribution in [-0.2, 0) is 0 Å². The number of fused-ring (bicyclic) bond motifs is 2. The molecule has 0 unspecified atom stereocenters. The quantitative estimate of drug-likeness (QED) is 0.526. The largest absolute Gasteiger partial charge is 0.229 e. The van der Waals surface area contributed by atoms with Crippen LogP contribution in [0.25, 0.3) is 0 Å². The molecule has 2 aliphatic rings. The Morgan fingerprint density at radius 3 is 1.60 bits per heavy atom. The van der Waals surface area contributed by atoms with Crippen LogP contribution in [0.1, 0.15) is 38.5 Å². The van der Waals surface area contributed by atoms with E-state index in [1.807, 2.05) is 0 Å². The Balaban J connectivity index is 2.05. The second-order valence-electron chi connectivity index (χ2n) is 3.83. The van der Waals surface area contributed by atoms with Crippen molar-refractivity contribution in [3.8, 4) is 0 Å². The third-order valence-electron chi connectivity index (χ3n) is 3.20. The standard InChI is InChI=1S/C8H14BBr/c10-9-7-3-1-4-8(9)6-2-5-7/h7-8H,1-6H2. The van der Waals surface area contributed by atoms with Crippen molar-refractivity contribution in [3.63, 3.8) is 0 Å². The molecule has 0 saturated carbocycles. The van der Waals surface area contributed by atoms with E-state index in [9.17, 15) is 0 Å². The highest BCUT2D eigenvalue weighted by molar-refractivity contribution is 9.24. The summed E-state index contributed by atoms with van der Waals surface area (Å²) in [5.74, 6) is 2.07. The molecule has 10 heavy (non-hydrogen) atoms. The second kappa shape index (κ2) is 2.88. The molecule has 2 fully saturated rings. The smallest absolute Gasteiger partial charge is 0.156 e. The second-order valence-corrected chi connectivity index (χ2v) is 4.88. The fourth-order valence-corrected chi connectivity index (χ4v) is 3.65. The Morgan fingerprint density at radius 1 is 0.900 bits per heavy atom. The zero-order valence-corrected chi connectivity index (χ0v) is 7.94. The Kier molecular flexibility index (Phi) is 2.08. The van der Waals surface area contributed by atoms with E-state index in [0.29, 0.717) is 0 Å². The highest BCUT2D eigenvalue weighted by atomic mass is 79.9. The minimum Gasteiger partial charge on any atom is -0.156 e. The van der Waals surface area contributed by atoms with E-state index in [4.69, 9.17) is 0 Å². The molecule has 0 atom stereocenters. The van der Waals surface area contributed by atoms with Gasteiger partial charge in [-0.3, -0.25) is 0 Å². The Bertz CT molecular complexity index is 104. The van der Waals surface area contributed by atoms with Crippen LogP contribution in [0.5, 0.6) is 0 Å². The van der Waals surface area contributed by atoms with Gasteiger partial charge in [-0.1, -0.05) is 50.2 Å². The van der Waals surface area contributed by atoms with Gasteiger partial charge in [-0.15, -0.1) is 0 Å². The molecule has 2 heteroatoms. The van der Waals surface area contributed by atoms with Crippen LogP contribution in [0.2, 0.25) is 11.6 Å². The summed E-state index contributed by atoms with van der Waals surface area (Å²) < 4.78 is 0. The monoisotopic (exact) mass is 200 g/mol. The van der Waals surface area contributed by atoms with E-state index in [1.165, 1.54) is 38.5 Å². The van der Waals surface area contributed by atoms with Crippen LogP contribution in [0.4, 0.5) is 0 Å². The topological polar surface area (TPSA) is 0 Å². The number of hydrogen-bond acceptors (Lipinski definition) is 0. The Hall–Kier alpha value is 0.545. The molecule has 0 aliphatic carbocycles. The minimum atomic E-state index is 0.884. The number of halogens is 1. The maximum atomic E-state index is 3.83. The molecule has 0 N–H and O–H groups in total. The summed E-state index contributed by atoms with van der Waals surface area (Å²) >= 11 is 3.83. The van der Waals surface area contributed by atoms with E-state index in [-0.39, 0.29) is 0 Å². The minimum absolute atomic E-state index is 0.884. The van der Waals surface area contributed by atoms with Crippen molar-refractivity contribution in [3.05, 3.63) is 0 Å². The van der Waals surface area contributed by atoms with Crippen molar-refractivity contribution in [2.45, 2.75) is 50.2 Å². The van der Waals surface area contributed by atoms with Crippen LogP contribution in [-0.4, -0.2) is 5.54 Å². The molecule has 56 valence electrons. The molecule has 0 aromatic rings. The molecule has 0 radical (unpaired) electrons. The maximum absolute atomic E-state index is 3.83. The molecule has 0 aromatic carbocycles. The average Bonchev–Trinajstić information content (AvgIpc) is 1.86. The van der Waals surface area contributed by atoms with E-state index in [2.05, 4.69) is 15.8 Å². The Labute approximate surface area is 71.8 Å². The predicted octanol–water partition coefficient (Wildman–Crippen LogP) is 3.48. The first-order valence-corrected chi connectivity index (χ1v) is 5.43. The van der Waals surface area contributed by atoms with Crippen molar-refractivity contribution < 1.29 is 0 Å². The molecular weight excluding hydrogens is 187 g/mol. The summed E-state index contributed by atoms with van der Waals surface area (Å²) in [4.78, 5) is 0. The van der Waals surface area contributed by atoms with E-state index in [1.54, 1.807) is 0 Å². The highest BCUT2D eigenvalue weighted by Gasteiger charge is 2.37. The van der Waals surface area contributed by atoms with E-state index in [0.717, 1.165) is 17.2 Å². The third kappa shape index (κ3) is 1.15. The first-order chi connectivity index (χ1) is 4.88. The fraction of sp³-hybridized carbons (Fsp3) is 1.00. The highest BCUT2D eigenvalue weighted by Crippen LogP contribution is 2.48. The van der Waals surface area contributed by atoms with Gasteiger partial charge in [0.05, 0.1) is 0 Å². The van der Waals surface area contributed by atoms with Crippen molar-refractivity contribution in [1.82, 2.24) is 0 Å². The van der Waals surface area contributed by atoms with Crippen LogP contribution in [0, 0.1) is 0 Å². The Morgan fingerprint density at radius 2 is 1.30 bits per heavy atom. The van der Waals surface area contributed by atoms with Gasteiger partial charge in [0.2, 0.25) is 5.54 Å². The molecule has 0 spiro atoms. The maximum Gasteiger partial charge on any atom is 0.229 e. The molecule has 2 rings (SSSR count). The predicted molar refractivity (Wildman–Crippen MR) is 49.9 cm³/mol. The van der Waals surface area contributed by atoms with Gasteiger partial charge >= 0.3 is 0 Å². The lowest BCUT2D eigenvalue weighted by Crippen LogP contribution is -2.29. The van der Waals surface area contributed by atoms with Crippen molar-refractivity contribution in [2.75, 3.05) is 0 Å². The summed E-state index contributed by atoms with van der Waals surface area (Å²) in [7, 11) is 0.